The molecule has 12 nitrogen and oxygen atoms in total. The van der Waals surface area contributed by atoms with Crippen LogP contribution in [0, 0.1) is 24.7 Å². The van der Waals surface area contributed by atoms with E-state index in [0.29, 0.717) is 42.1 Å². The largest absolute Gasteiger partial charge is 0.496 e. The first-order valence-electron chi connectivity index (χ1n) is 18.3. The predicted molar refractivity (Wildman–Crippen MR) is 199 cm³/mol. The van der Waals surface area contributed by atoms with E-state index >= 15 is 0 Å². The number of fused-ring (bicyclic) bond motifs is 3. The van der Waals surface area contributed by atoms with Gasteiger partial charge in [-0.3, -0.25) is 19.1 Å². The molecule has 278 valence electrons. The summed E-state index contributed by atoms with van der Waals surface area (Å²) in [5.74, 6) is -1.75. The number of carbonyl (C=O) groups excluding carboxylic acids is 3. The third-order valence-electron chi connectivity index (χ3n) is 10.9. The Kier molecular flexibility index (Phi) is 10.1. The van der Waals surface area contributed by atoms with Crippen molar-refractivity contribution in [3.05, 3.63) is 47.0 Å². The molecule has 3 aliphatic carbocycles. The lowest BCUT2D eigenvalue weighted by Crippen LogP contribution is -2.54. The average Bonchev–Trinajstić information content (AvgIpc) is 3.98. The molecule has 3 amide bonds. The van der Waals surface area contributed by atoms with Gasteiger partial charge in [0.15, 0.2) is 0 Å². The highest BCUT2D eigenvalue weighted by atomic mass is 32.2. The highest BCUT2D eigenvalue weighted by Crippen LogP contribution is 2.47. The van der Waals surface area contributed by atoms with Crippen molar-refractivity contribution in [2.75, 3.05) is 13.7 Å². The molecular weight excluding hydrogens is 703 g/mol. The fourth-order valence-electron chi connectivity index (χ4n) is 7.47. The fraction of sp³-hybridized carbons (Fsp3) is 0.553. The number of nitrogens with zero attached hydrogens (tertiary/aromatic N) is 2. The summed E-state index contributed by atoms with van der Waals surface area (Å²) in [6, 6.07) is 5.65. The van der Waals surface area contributed by atoms with E-state index in [2.05, 4.69) is 29.2 Å². The molecule has 7 rings (SSSR count). The fourth-order valence-corrected chi connectivity index (χ4v) is 9.77. The average molecular weight is 750 g/mol. The van der Waals surface area contributed by atoms with Gasteiger partial charge in [-0.25, -0.2) is 18.4 Å². The van der Waals surface area contributed by atoms with Crippen LogP contribution in [0.15, 0.2) is 35.7 Å². The van der Waals surface area contributed by atoms with Crippen LogP contribution in [0.4, 0.5) is 0 Å². The van der Waals surface area contributed by atoms with Crippen LogP contribution in [0.3, 0.4) is 0 Å². The SMILES string of the molecule is COc1ccc2c(OC3C[C@H]4C(=O)NCCCCC/C=C\[C@@H]5C[C@@]5(C(=O)NS(=O)(=O)C5CC5)NC(=O)[C@@H]4C3)cc(-c3nc(C(C)C)cs3)nc2c1C. The van der Waals surface area contributed by atoms with Crippen LogP contribution >= 0.6 is 11.3 Å². The zero-order chi connectivity index (χ0) is 36.8. The monoisotopic (exact) mass is 749 g/mol. The molecule has 0 saturated heterocycles. The summed E-state index contributed by atoms with van der Waals surface area (Å²) >= 11 is 1.51. The maximum absolute atomic E-state index is 14.2. The molecular formula is C38H47N5O7S2. The predicted octanol–water partition coefficient (Wildman–Crippen LogP) is 5.30. The number of allylic oxidation sites excluding steroid dienone is 1. The first kappa shape index (κ1) is 36.3. The van der Waals surface area contributed by atoms with Gasteiger partial charge in [0.1, 0.15) is 33.8 Å². The number of hydrogen-bond donors (Lipinski definition) is 3. The molecule has 3 saturated carbocycles. The molecule has 0 spiro atoms. The van der Waals surface area contributed by atoms with Crippen LogP contribution in [-0.2, 0) is 24.4 Å². The van der Waals surface area contributed by atoms with Gasteiger partial charge >= 0.3 is 0 Å². The minimum absolute atomic E-state index is 0.228. The first-order chi connectivity index (χ1) is 24.9. The van der Waals surface area contributed by atoms with E-state index in [0.717, 1.165) is 47.3 Å². The quantitative estimate of drug-likeness (QED) is 0.259. The lowest BCUT2D eigenvalue weighted by atomic mass is 9.93. The number of thiazole rings is 1. The molecule has 1 unspecified atom stereocenters. The van der Waals surface area contributed by atoms with Crippen LogP contribution in [0.1, 0.15) is 88.8 Å². The number of rotatable bonds is 8. The molecule has 3 heterocycles. The number of ether oxygens (including phenoxy) is 2. The van der Waals surface area contributed by atoms with Gasteiger partial charge in [0, 0.05) is 34.9 Å². The number of aromatic nitrogens is 2. The van der Waals surface area contributed by atoms with Gasteiger partial charge in [-0.1, -0.05) is 32.4 Å². The summed E-state index contributed by atoms with van der Waals surface area (Å²) in [5, 5.41) is 8.97. The third kappa shape index (κ3) is 7.28. The van der Waals surface area contributed by atoms with Crippen molar-refractivity contribution < 1.29 is 32.3 Å². The molecule has 5 atom stereocenters. The standard InChI is InChI=1S/C38H47N5O7S2/c1-21(2)30-20-51-36(41-30)29-18-32(26-13-14-31(49-4)22(3)33(26)40-29)50-24-16-27-28(17-24)35(45)42-38(37(46)43-52(47,48)25-11-12-25)19-23(38)10-8-6-5-7-9-15-39-34(27)44/h8,10,13-14,18,20-21,23-25,27-28H,5-7,9,11-12,15-17,19H2,1-4H3,(H,39,44)(H,42,45)(H,43,46)/b10-8-/t23-,24?,27-,28-,38-/m1/s1. The van der Waals surface area contributed by atoms with E-state index in [4.69, 9.17) is 19.4 Å². The molecule has 3 aromatic rings. The highest BCUT2D eigenvalue weighted by molar-refractivity contribution is 7.91. The number of sulfonamides is 1. The van der Waals surface area contributed by atoms with Gasteiger partial charge in [0.2, 0.25) is 21.8 Å². The normalized spacial score (nSPS) is 27.4. The zero-order valence-electron chi connectivity index (χ0n) is 30.1. The van der Waals surface area contributed by atoms with Crippen molar-refractivity contribution in [3.63, 3.8) is 0 Å². The number of benzene rings is 1. The molecule has 1 aliphatic heterocycles. The second kappa shape index (κ2) is 14.4. The minimum Gasteiger partial charge on any atom is -0.496 e. The van der Waals surface area contributed by atoms with E-state index in [-0.39, 0.29) is 37.0 Å². The summed E-state index contributed by atoms with van der Waals surface area (Å²) in [5.41, 5.74) is 1.78. The van der Waals surface area contributed by atoms with Gasteiger partial charge in [-0.15, -0.1) is 11.3 Å². The Morgan fingerprint density at radius 3 is 2.54 bits per heavy atom. The van der Waals surface area contributed by atoms with Crippen molar-refractivity contribution in [1.82, 2.24) is 25.3 Å². The van der Waals surface area contributed by atoms with Crippen LogP contribution in [0.25, 0.3) is 21.6 Å². The van der Waals surface area contributed by atoms with Crippen LogP contribution in [0.2, 0.25) is 0 Å². The van der Waals surface area contributed by atoms with Crippen molar-refractivity contribution in [2.24, 2.45) is 17.8 Å². The number of nitrogens with one attached hydrogen (secondary N) is 3. The Balaban J connectivity index is 1.20. The second-order valence-corrected chi connectivity index (χ2v) is 17.8. The van der Waals surface area contributed by atoms with Gasteiger partial charge in [-0.05, 0) is 76.3 Å². The summed E-state index contributed by atoms with van der Waals surface area (Å²) in [4.78, 5) is 51.4. The lowest BCUT2D eigenvalue weighted by Gasteiger charge is -2.23. The molecule has 3 fully saturated rings. The van der Waals surface area contributed by atoms with Crippen molar-refractivity contribution in [1.29, 1.82) is 0 Å². The number of amides is 3. The molecule has 1 aromatic carbocycles. The summed E-state index contributed by atoms with van der Waals surface area (Å²) in [7, 11) is -2.21. The molecule has 3 N–H and O–H groups in total. The van der Waals surface area contributed by atoms with E-state index < -0.39 is 50.6 Å². The molecule has 14 heteroatoms. The molecule has 2 aromatic heterocycles. The number of hydrogen-bond acceptors (Lipinski definition) is 10. The highest BCUT2D eigenvalue weighted by Gasteiger charge is 2.62. The summed E-state index contributed by atoms with van der Waals surface area (Å²) in [6.07, 6.45) is 8.65. The molecule has 0 radical (unpaired) electrons. The summed E-state index contributed by atoms with van der Waals surface area (Å²) < 4.78 is 40.2. The van der Waals surface area contributed by atoms with Crippen molar-refractivity contribution in [2.45, 2.75) is 101 Å². The maximum atomic E-state index is 14.2. The first-order valence-corrected chi connectivity index (χ1v) is 20.8. The van der Waals surface area contributed by atoms with Gasteiger partial charge < -0.3 is 20.1 Å². The molecule has 4 aliphatic rings. The Hall–Kier alpha value is -4.04. The Morgan fingerprint density at radius 2 is 1.83 bits per heavy atom. The summed E-state index contributed by atoms with van der Waals surface area (Å²) in [6.45, 7) is 6.63. The van der Waals surface area contributed by atoms with Crippen LogP contribution in [-0.4, -0.2) is 66.7 Å². The van der Waals surface area contributed by atoms with Crippen LogP contribution < -0.4 is 24.8 Å². The second-order valence-electron chi connectivity index (χ2n) is 15.0. The number of methoxy groups -OCH3 is 1. The molecule has 52 heavy (non-hydrogen) atoms. The topological polar surface area (TPSA) is 166 Å². The minimum atomic E-state index is -3.83. The third-order valence-corrected chi connectivity index (χ3v) is 13.6. The van der Waals surface area contributed by atoms with Crippen molar-refractivity contribution in [3.8, 4) is 22.2 Å². The lowest BCUT2D eigenvalue weighted by molar-refractivity contribution is -0.136. The number of pyridine rings is 1. The van der Waals surface area contributed by atoms with E-state index in [9.17, 15) is 22.8 Å². The van der Waals surface area contributed by atoms with Gasteiger partial charge in [0.25, 0.3) is 5.91 Å². The van der Waals surface area contributed by atoms with Gasteiger partial charge in [-0.2, -0.15) is 0 Å². The zero-order valence-corrected chi connectivity index (χ0v) is 31.7. The number of carbonyl (C=O) groups is 3. The van der Waals surface area contributed by atoms with Crippen molar-refractivity contribution >= 4 is 50.0 Å². The number of aryl methyl sites for hydroxylation is 1. The maximum Gasteiger partial charge on any atom is 0.259 e. The van der Waals surface area contributed by atoms with Crippen LogP contribution in [0.5, 0.6) is 11.5 Å². The van der Waals surface area contributed by atoms with Gasteiger partial charge in [0.05, 0.1) is 35.4 Å². The molecule has 0 bridgehead atoms. The smallest absolute Gasteiger partial charge is 0.259 e. The van der Waals surface area contributed by atoms with E-state index in [1.54, 1.807) is 7.11 Å². The van der Waals surface area contributed by atoms with E-state index in [1.807, 2.05) is 42.7 Å². The Morgan fingerprint density at radius 1 is 1.06 bits per heavy atom. The van der Waals surface area contributed by atoms with E-state index in [1.165, 1.54) is 11.3 Å². The Bertz CT molecular complexity index is 2020. The Labute approximate surface area is 308 Å².